The number of ether oxygens (including phenoxy) is 2. The van der Waals surface area contributed by atoms with E-state index in [9.17, 15) is 14.7 Å². The number of nitrogens with zero attached hydrogens (tertiary/aromatic N) is 3. The number of hydrogen-bond donors (Lipinski definition) is 1. The average molecular weight is 854 g/mol. The van der Waals surface area contributed by atoms with Crippen LogP contribution in [0.4, 0.5) is 0 Å². The molecule has 2 rings (SSSR count). The second-order valence-corrected chi connectivity index (χ2v) is 18.3. The maximum atomic E-state index is 13.1. The lowest BCUT2D eigenvalue weighted by Gasteiger charge is -2.25. The smallest absolute Gasteiger partial charge is 0.308 e. The highest BCUT2D eigenvalue weighted by molar-refractivity contribution is 5.75. The molecule has 8 nitrogen and oxygen atoms in total. The predicted molar refractivity (Wildman–Crippen MR) is 257 cm³/mol. The number of aromatic nitrogens is 2. The van der Waals surface area contributed by atoms with Crippen molar-refractivity contribution in [3.63, 3.8) is 0 Å². The SMILES string of the molecule is CCCCCCCCC(CCCCCC)C(=O)OCCCCCCN(CCn1cnc2ccccc21)CC(O)CCCCOC(=O)C(CCCCCC)CCCCCCCC. The third-order valence-corrected chi connectivity index (χ3v) is 12.7. The third-order valence-electron chi connectivity index (χ3n) is 12.7. The van der Waals surface area contributed by atoms with Crippen molar-refractivity contribution >= 4 is 23.0 Å². The first-order chi connectivity index (χ1) is 29.9. The number of fused-ring (bicyclic) bond motifs is 1. The van der Waals surface area contributed by atoms with E-state index in [0.29, 0.717) is 26.2 Å². The standard InChI is InChI=1S/C53H95N3O5/c1-5-9-13-17-19-25-35-47(33-23-15-11-7-3)52(58)60-43-31-22-21-30-40-55(41-42-56-46-54-50-38-27-28-39-51(50)56)45-49(57)37-29-32-44-61-53(59)48(34-24-16-12-8-4)36-26-20-18-14-10-6-2/h27-28,38-39,46-49,57H,5-26,29-37,40-45H2,1-4H3. The summed E-state index contributed by atoms with van der Waals surface area (Å²) >= 11 is 0. The molecule has 1 N–H and O–H groups in total. The highest BCUT2D eigenvalue weighted by atomic mass is 16.5. The Balaban J connectivity index is 1.79. The molecular formula is C53H95N3O5. The molecule has 0 radical (unpaired) electrons. The molecule has 0 bridgehead atoms. The fraction of sp³-hybridized carbons (Fsp3) is 0.830. The summed E-state index contributed by atoms with van der Waals surface area (Å²) in [6.45, 7) is 13.1. The van der Waals surface area contributed by atoms with Gasteiger partial charge in [0.05, 0.1) is 48.5 Å². The fourth-order valence-corrected chi connectivity index (χ4v) is 8.71. The Morgan fingerprint density at radius 1 is 0.557 bits per heavy atom. The number of esters is 2. The van der Waals surface area contributed by atoms with Crippen LogP contribution in [0.5, 0.6) is 0 Å². The van der Waals surface area contributed by atoms with Gasteiger partial charge in [-0.3, -0.25) is 14.5 Å². The number of hydrogen-bond acceptors (Lipinski definition) is 7. The quantitative estimate of drug-likeness (QED) is 0.0524. The van der Waals surface area contributed by atoms with Gasteiger partial charge in [-0.25, -0.2) is 4.98 Å². The number of benzene rings is 1. The Morgan fingerprint density at radius 2 is 0.984 bits per heavy atom. The molecule has 3 atom stereocenters. The van der Waals surface area contributed by atoms with Gasteiger partial charge >= 0.3 is 11.9 Å². The molecule has 0 saturated carbocycles. The van der Waals surface area contributed by atoms with E-state index >= 15 is 0 Å². The Morgan fingerprint density at radius 3 is 1.52 bits per heavy atom. The van der Waals surface area contributed by atoms with Gasteiger partial charge in [0.2, 0.25) is 0 Å². The van der Waals surface area contributed by atoms with Gasteiger partial charge in [0, 0.05) is 19.6 Å². The number of para-hydroxylation sites is 2. The van der Waals surface area contributed by atoms with Crippen molar-refractivity contribution in [1.29, 1.82) is 0 Å². The van der Waals surface area contributed by atoms with E-state index in [-0.39, 0.29) is 23.8 Å². The molecule has 3 unspecified atom stereocenters. The van der Waals surface area contributed by atoms with E-state index in [4.69, 9.17) is 9.47 Å². The first kappa shape index (κ1) is 54.7. The number of imidazole rings is 1. The molecule has 1 aromatic heterocycles. The molecule has 0 saturated heterocycles. The van der Waals surface area contributed by atoms with Gasteiger partial charge in [-0.15, -0.1) is 0 Å². The highest BCUT2D eigenvalue weighted by Crippen LogP contribution is 2.23. The van der Waals surface area contributed by atoms with Gasteiger partial charge in [0.15, 0.2) is 0 Å². The van der Waals surface area contributed by atoms with Crippen LogP contribution in [0.1, 0.15) is 227 Å². The lowest BCUT2D eigenvalue weighted by molar-refractivity contribution is -0.150. The molecule has 1 aromatic carbocycles. The normalized spacial score (nSPS) is 13.2. The molecule has 61 heavy (non-hydrogen) atoms. The van der Waals surface area contributed by atoms with Crippen LogP contribution in [-0.2, 0) is 25.6 Å². The minimum atomic E-state index is -0.431. The van der Waals surface area contributed by atoms with Crippen LogP contribution in [0.25, 0.3) is 11.0 Å². The molecule has 2 aromatic rings. The number of carbonyl (C=O) groups is 2. The Hall–Kier alpha value is -2.45. The average Bonchev–Trinajstić information content (AvgIpc) is 3.68. The summed E-state index contributed by atoms with van der Waals surface area (Å²) in [6.07, 6.45) is 36.2. The van der Waals surface area contributed by atoms with E-state index in [0.717, 1.165) is 121 Å². The summed E-state index contributed by atoms with van der Waals surface area (Å²) < 4.78 is 13.9. The fourth-order valence-electron chi connectivity index (χ4n) is 8.71. The second kappa shape index (κ2) is 38.0. The van der Waals surface area contributed by atoms with Gasteiger partial charge < -0.3 is 19.1 Å². The van der Waals surface area contributed by atoms with Crippen LogP contribution in [0.15, 0.2) is 30.6 Å². The minimum absolute atomic E-state index is 0.00698. The molecule has 8 heteroatoms. The largest absolute Gasteiger partial charge is 0.465 e. The molecule has 0 amide bonds. The molecule has 0 aliphatic rings. The molecule has 0 fully saturated rings. The number of aliphatic hydroxyl groups is 1. The Labute approximate surface area is 375 Å². The van der Waals surface area contributed by atoms with Crippen molar-refractivity contribution in [2.24, 2.45) is 11.8 Å². The summed E-state index contributed by atoms with van der Waals surface area (Å²) in [5.74, 6) is 0.109. The number of carbonyl (C=O) groups excluding carboxylic acids is 2. The van der Waals surface area contributed by atoms with E-state index in [1.165, 1.54) is 103 Å². The number of aliphatic hydroxyl groups excluding tert-OH is 1. The summed E-state index contributed by atoms with van der Waals surface area (Å²) in [4.78, 5) is 33.2. The highest BCUT2D eigenvalue weighted by Gasteiger charge is 2.21. The third kappa shape index (κ3) is 27.4. The van der Waals surface area contributed by atoms with E-state index in [2.05, 4.69) is 60.3 Å². The predicted octanol–water partition coefficient (Wildman–Crippen LogP) is 14.2. The van der Waals surface area contributed by atoms with Gasteiger partial charge in [-0.05, 0) is 76.5 Å². The minimum Gasteiger partial charge on any atom is -0.465 e. The summed E-state index contributed by atoms with van der Waals surface area (Å²) in [7, 11) is 0. The summed E-state index contributed by atoms with van der Waals surface area (Å²) in [5.41, 5.74) is 2.14. The molecule has 0 spiro atoms. The summed E-state index contributed by atoms with van der Waals surface area (Å²) in [5, 5.41) is 11.2. The van der Waals surface area contributed by atoms with Crippen molar-refractivity contribution in [2.75, 3.05) is 32.8 Å². The van der Waals surface area contributed by atoms with Crippen LogP contribution < -0.4 is 0 Å². The Bertz CT molecular complexity index is 1320. The monoisotopic (exact) mass is 854 g/mol. The maximum Gasteiger partial charge on any atom is 0.308 e. The van der Waals surface area contributed by atoms with Crippen LogP contribution in [0.2, 0.25) is 0 Å². The topological polar surface area (TPSA) is 93.9 Å². The van der Waals surface area contributed by atoms with Gasteiger partial charge in [-0.1, -0.05) is 181 Å². The van der Waals surface area contributed by atoms with E-state index in [1.54, 1.807) is 0 Å². The lowest BCUT2D eigenvalue weighted by atomic mass is 9.94. The van der Waals surface area contributed by atoms with Crippen molar-refractivity contribution < 1.29 is 24.2 Å². The van der Waals surface area contributed by atoms with Crippen LogP contribution in [0, 0.1) is 11.8 Å². The van der Waals surface area contributed by atoms with Crippen molar-refractivity contribution in [2.45, 2.75) is 239 Å². The van der Waals surface area contributed by atoms with E-state index < -0.39 is 6.10 Å². The molecular weight excluding hydrogens is 759 g/mol. The number of unbranched alkanes of at least 4 members (excludes halogenated alkanes) is 20. The second-order valence-electron chi connectivity index (χ2n) is 18.3. The van der Waals surface area contributed by atoms with Crippen molar-refractivity contribution in [3.05, 3.63) is 30.6 Å². The molecule has 0 aliphatic heterocycles. The zero-order chi connectivity index (χ0) is 44.0. The van der Waals surface area contributed by atoms with Crippen LogP contribution in [-0.4, -0.2) is 70.4 Å². The van der Waals surface area contributed by atoms with Crippen molar-refractivity contribution in [3.8, 4) is 0 Å². The van der Waals surface area contributed by atoms with Crippen LogP contribution in [0.3, 0.4) is 0 Å². The molecule has 352 valence electrons. The zero-order valence-electron chi connectivity index (χ0n) is 40.2. The lowest BCUT2D eigenvalue weighted by Crippen LogP contribution is -2.35. The van der Waals surface area contributed by atoms with Crippen LogP contribution >= 0.6 is 0 Å². The summed E-state index contributed by atoms with van der Waals surface area (Å²) in [6, 6.07) is 8.25. The Kier molecular flexibility index (Phi) is 34.1. The molecule has 1 heterocycles. The van der Waals surface area contributed by atoms with Gasteiger partial charge in [-0.2, -0.15) is 0 Å². The van der Waals surface area contributed by atoms with Gasteiger partial charge in [0.25, 0.3) is 0 Å². The van der Waals surface area contributed by atoms with E-state index in [1.807, 2.05) is 12.4 Å². The zero-order valence-corrected chi connectivity index (χ0v) is 40.2. The van der Waals surface area contributed by atoms with Crippen molar-refractivity contribution in [1.82, 2.24) is 14.5 Å². The molecule has 0 aliphatic carbocycles. The first-order valence-corrected chi connectivity index (χ1v) is 26.1. The van der Waals surface area contributed by atoms with Gasteiger partial charge in [0.1, 0.15) is 0 Å². The first-order valence-electron chi connectivity index (χ1n) is 26.1. The number of rotatable bonds is 43. The maximum absolute atomic E-state index is 13.1.